The van der Waals surface area contributed by atoms with Crippen molar-refractivity contribution in [2.45, 2.75) is 12.8 Å². The third-order valence-electron chi connectivity index (χ3n) is 4.82. The molecule has 3 aromatic rings. The number of ether oxygens (including phenoxy) is 2. The molecule has 0 spiro atoms. The van der Waals surface area contributed by atoms with Crippen LogP contribution in [0.2, 0.25) is 0 Å². The third-order valence-corrected chi connectivity index (χ3v) is 4.82. The summed E-state index contributed by atoms with van der Waals surface area (Å²) >= 11 is 0. The molecule has 1 aliphatic carbocycles. The summed E-state index contributed by atoms with van der Waals surface area (Å²) in [7, 11) is 0. The molecule has 0 heterocycles. The predicted molar refractivity (Wildman–Crippen MR) is 106 cm³/mol. The molecule has 0 bridgehead atoms. The van der Waals surface area contributed by atoms with E-state index in [0.29, 0.717) is 5.69 Å². The molecule has 140 valence electrons. The van der Waals surface area contributed by atoms with Crippen molar-refractivity contribution in [1.82, 2.24) is 0 Å². The van der Waals surface area contributed by atoms with E-state index in [1.165, 1.54) is 19.1 Å². The average Bonchev–Trinajstić information content (AvgIpc) is 3.01. The van der Waals surface area contributed by atoms with Crippen molar-refractivity contribution in [3.63, 3.8) is 0 Å². The van der Waals surface area contributed by atoms with Crippen LogP contribution in [0.25, 0.3) is 11.1 Å². The molecule has 0 saturated heterocycles. The quantitative estimate of drug-likeness (QED) is 0.422. The second-order valence-electron chi connectivity index (χ2n) is 6.67. The molecule has 0 atom stereocenters. The SMILES string of the molecule is CC(=O)Oc1ccc(N)cc1C(=O)OCC1c2ccccc2-c2ccccc21. The number of fused-ring (bicyclic) bond motifs is 3. The van der Waals surface area contributed by atoms with Gasteiger partial charge in [-0.25, -0.2) is 4.79 Å². The summed E-state index contributed by atoms with van der Waals surface area (Å²) in [5, 5.41) is 0. The number of nitrogen functional groups attached to an aromatic ring is 1. The van der Waals surface area contributed by atoms with Crippen LogP contribution in [0.1, 0.15) is 34.3 Å². The van der Waals surface area contributed by atoms with Gasteiger partial charge in [0.25, 0.3) is 0 Å². The van der Waals surface area contributed by atoms with Crippen LogP contribution in [-0.2, 0) is 9.53 Å². The van der Waals surface area contributed by atoms with E-state index in [4.69, 9.17) is 15.2 Å². The molecular formula is C23H19NO4. The Morgan fingerprint density at radius 2 is 1.54 bits per heavy atom. The Bertz CT molecular complexity index is 1030. The highest BCUT2D eigenvalue weighted by Gasteiger charge is 2.29. The molecule has 0 fully saturated rings. The first-order valence-electron chi connectivity index (χ1n) is 8.98. The molecule has 5 heteroatoms. The number of hydrogen-bond donors (Lipinski definition) is 1. The summed E-state index contributed by atoms with van der Waals surface area (Å²) in [6.45, 7) is 1.46. The molecule has 28 heavy (non-hydrogen) atoms. The largest absolute Gasteiger partial charge is 0.461 e. The Morgan fingerprint density at radius 1 is 0.929 bits per heavy atom. The topological polar surface area (TPSA) is 78.6 Å². The van der Waals surface area contributed by atoms with Crippen molar-refractivity contribution >= 4 is 17.6 Å². The Hall–Kier alpha value is -3.60. The number of carbonyl (C=O) groups excluding carboxylic acids is 2. The van der Waals surface area contributed by atoms with Crippen LogP contribution in [-0.4, -0.2) is 18.5 Å². The molecule has 0 aromatic heterocycles. The zero-order valence-corrected chi connectivity index (χ0v) is 15.3. The number of nitrogens with two attached hydrogens (primary N) is 1. The van der Waals surface area contributed by atoms with Gasteiger partial charge in [0, 0.05) is 18.5 Å². The highest BCUT2D eigenvalue weighted by atomic mass is 16.5. The van der Waals surface area contributed by atoms with Crippen LogP contribution in [0.5, 0.6) is 5.75 Å². The minimum absolute atomic E-state index is 0.0467. The average molecular weight is 373 g/mol. The molecule has 0 amide bonds. The maximum Gasteiger partial charge on any atom is 0.342 e. The monoisotopic (exact) mass is 373 g/mol. The summed E-state index contributed by atoms with van der Waals surface area (Å²) in [6.07, 6.45) is 0. The van der Waals surface area contributed by atoms with Gasteiger partial charge in [-0.05, 0) is 40.5 Å². The first-order valence-corrected chi connectivity index (χ1v) is 8.98. The van der Waals surface area contributed by atoms with E-state index in [0.717, 1.165) is 22.3 Å². The fourth-order valence-electron chi connectivity index (χ4n) is 3.63. The Labute approximate surface area is 162 Å². The molecule has 5 nitrogen and oxygen atoms in total. The van der Waals surface area contributed by atoms with Crippen molar-refractivity contribution in [3.05, 3.63) is 83.4 Å². The van der Waals surface area contributed by atoms with Gasteiger partial charge in [0.15, 0.2) is 0 Å². The van der Waals surface area contributed by atoms with Crippen molar-refractivity contribution in [2.75, 3.05) is 12.3 Å². The highest BCUT2D eigenvalue weighted by molar-refractivity contribution is 5.94. The number of benzene rings is 3. The first-order chi connectivity index (χ1) is 13.5. The van der Waals surface area contributed by atoms with Crippen LogP contribution in [0.15, 0.2) is 66.7 Å². The summed E-state index contributed by atoms with van der Waals surface area (Å²) in [6, 6.07) is 20.7. The fraction of sp³-hybridized carbons (Fsp3) is 0.130. The van der Waals surface area contributed by atoms with Gasteiger partial charge in [-0.3, -0.25) is 4.79 Å². The minimum atomic E-state index is -0.578. The molecular weight excluding hydrogens is 354 g/mol. The van der Waals surface area contributed by atoms with Gasteiger partial charge >= 0.3 is 11.9 Å². The zero-order chi connectivity index (χ0) is 19.7. The minimum Gasteiger partial charge on any atom is -0.461 e. The molecule has 4 rings (SSSR count). The lowest BCUT2D eigenvalue weighted by atomic mass is 9.98. The van der Waals surface area contributed by atoms with Crippen LogP contribution in [0.4, 0.5) is 5.69 Å². The van der Waals surface area contributed by atoms with Crippen LogP contribution >= 0.6 is 0 Å². The fourth-order valence-corrected chi connectivity index (χ4v) is 3.63. The molecule has 0 unspecified atom stereocenters. The van der Waals surface area contributed by atoms with Crippen molar-refractivity contribution in [1.29, 1.82) is 0 Å². The van der Waals surface area contributed by atoms with Gasteiger partial charge in [0.1, 0.15) is 17.9 Å². The first kappa shape index (κ1) is 17.8. The van der Waals surface area contributed by atoms with Crippen LogP contribution in [0, 0.1) is 0 Å². The molecule has 0 saturated carbocycles. The van der Waals surface area contributed by atoms with Gasteiger partial charge in [0.05, 0.1) is 0 Å². The summed E-state index contributed by atoms with van der Waals surface area (Å²) < 4.78 is 10.7. The molecule has 0 radical (unpaired) electrons. The summed E-state index contributed by atoms with van der Waals surface area (Å²) in [5.74, 6) is -1.00. The maximum atomic E-state index is 12.7. The van der Waals surface area contributed by atoms with Crippen molar-refractivity contribution < 1.29 is 19.1 Å². The molecule has 3 aromatic carbocycles. The maximum absolute atomic E-state index is 12.7. The Morgan fingerprint density at radius 3 is 2.14 bits per heavy atom. The lowest BCUT2D eigenvalue weighted by Crippen LogP contribution is -2.15. The van der Waals surface area contributed by atoms with E-state index in [2.05, 4.69) is 24.3 Å². The highest BCUT2D eigenvalue weighted by Crippen LogP contribution is 2.44. The zero-order valence-electron chi connectivity index (χ0n) is 15.3. The lowest BCUT2D eigenvalue weighted by molar-refractivity contribution is -0.131. The van der Waals surface area contributed by atoms with Crippen LogP contribution in [0.3, 0.4) is 0 Å². The summed E-state index contributed by atoms with van der Waals surface area (Å²) in [4.78, 5) is 24.0. The van der Waals surface area contributed by atoms with Crippen molar-refractivity contribution in [3.8, 4) is 16.9 Å². The second-order valence-corrected chi connectivity index (χ2v) is 6.67. The molecule has 0 aliphatic heterocycles. The van der Waals surface area contributed by atoms with E-state index in [9.17, 15) is 9.59 Å². The van der Waals surface area contributed by atoms with E-state index in [-0.39, 0.29) is 23.8 Å². The summed E-state index contributed by atoms with van der Waals surface area (Å²) in [5.41, 5.74) is 10.9. The number of anilines is 1. The van der Waals surface area contributed by atoms with E-state index >= 15 is 0 Å². The number of hydrogen-bond acceptors (Lipinski definition) is 5. The van der Waals surface area contributed by atoms with Crippen molar-refractivity contribution in [2.24, 2.45) is 0 Å². The predicted octanol–water partition coefficient (Wildman–Crippen LogP) is 4.16. The number of carbonyl (C=O) groups is 2. The van der Waals surface area contributed by atoms with Gasteiger partial charge < -0.3 is 15.2 Å². The lowest BCUT2D eigenvalue weighted by Gasteiger charge is -2.15. The van der Waals surface area contributed by atoms with E-state index in [1.54, 1.807) is 6.07 Å². The molecule has 1 aliphatic rings. The Balaban J connectivity index is 1.60. The third kappa shape index (κ3) is 3.22. The van der Waals surface area contributed by atoms with E-state index < -0.39 is 11.9 Å². The number of rotatable bonds is 4. The van der Waals surface area contributed by atoms with E-state index in [1.807, 2.05) is 24.3 Å². The smallest absolute Gasteiger partial charge is 0.342 e. The standard InChI is InChI=1S/C23H19NO4/c1-14(25)28-22-11-10-15(24)12-20(22)23(26)27-13-21-18-8-4-2-6-16(18)17-7-3-5-9-19(17)21/h2-12,21H,13,24H2,1H3. The van der Waals surface area contributed by atoms with Gasteiger partial charge in [-0.2, -0.15) is 0 Å². The Kier molecular flexibility index (Phi) is 4.57. The number of esters is 2. The molecule has 2 N–H and O–H groups in total. The van der Waals surface area contributed by atoms with Gasteiger partial charge in [-0.1, -0.05) is 48.5 Å². The van der Waals surface area contributed by atoms with Gasteiger partial charge in [-0.15, -0.1) is 0 Å². The van der Waals surface area contributed by atoms with Gasteiger partial charge in [0.2, 0.25) is 0 Å². The van der Waals surface area contributed by atoms with Crippen LogP contribution < -0.4 is 10.5 Å². The normalized spacial score (nSPS) is 12.2. The second kappa shape index (κ2) is 7.19.